The molecule has 0 fully saturated rings. The zero-order valence-corrected chi connectivity index (χ0v) is 11.5. The van der Waals surface area contributed by atoms with E-state index >= 15 is 0 Å². The van der Waals surface area contributed by atoms with E-state index in [4.69, 9.17) is 4.74 Å². The zero-order chi connectivity index (χ0) is 12.6. The molecule has 96 valence electrons. The zero-order valence-electron chi connectivity index (χ0n) is 10.7. The molecule has 1 aromatic heterocycles. The summed E-state index contributed by atoms with van der Waals surface area (Å²) in [6.07, 6.45) is 2.04. The van der Waals surface area contributed by atoms with Crippen molar-refractivity contribution in [3.63, 3.8) is 0 Å². The monoisotopic (exact) mass is 261 g/mol. The first-order valence-electron chi connectivity index (χ1n) is 6.26. The van der Waals surface area contributed by atoms with Crippen molar-refractivity contribution < 1.29 is 4.74 Å². The Kier molecular flexibility index (Phi) is 5.24. The van der Waals surface area contributed by atoms with Crippen molar-refractivity contribution in [1.29, 1.82) is 0 Å². The lowest BCUT2D eigenvalue weighted by atomic mass is 10.1. The second kappa shape index (κ2) is 7.19. The Morgan fingerprint density at radius 1 is 1.11 bits per heavy atom. The van der Waals surface area contributed by atoms with E-state index in [0.29, 0.717) is 0 Å². The lowest BCUT2D eigenvalue weighted by Gasteiger charge is -2.06. The van der Waals surface area contributed by atoms with Crippen molar-refractivity contribution in [2.45, 2.75) is 12.8 Å². The third-order valence-electron chi connectivity index (χ3n) is 2.75. The number of benzene rings is 1. The minimum atomic E-state index is 0.769. The molecule has 0 amide bonds. The van der Waals surface area contributed by atoms with Crippen LogP contribution in [0.15, 0.2) is 41.1 Å². The van der Waals surface area contributed by atoms with Crippen molar-refractivity contribution in [3.8, 4) is 5.75 Å². The van der Waals surface area contributed by atoms with Gasteiger partial charge in [-0.15, -0.1) is 0 Å². The lowest BCUT2D eigenvalue weighted by Crippen LogP contribution is -2.11. The third-order valence-corrected chi connectivity index (χ3v) is 3.48. The van der Waals surface area contributed by atoms with Crippen LogP contribution in [0, 0.1) is 0 Å². The van der Waals surface area contributed by atoms with Crippen LogP contribution < -0.4 is 10.1 Å². The molecule has 1 N–H and O–H groups in total. The van der Waals surface area contributed by atoms with E-state index in [1.165, 1.54) is 11.1 Å². The fraction of sp³-hybridized carbons (Fsp3) is 0.333. The van der Waals surface area contributed by atoms with E-state index in [0.717, 1.165) is 31.7 Å². The van der Waals surface area contributed by atoms with Crippen molar-refractivity contribution in [1.82, 2.24) is 5.32 Å². The minimum absolute atomic E-state index is 0.769. The number of rotatable bonds is 7. The molecular formula is C15H19NOS. The molecule has 2 rings (SSSR count). The molecule has 0 unspecified atom stereocenters. The molecule has 18 heavy (non-hydrogen) atoms. The normalized spacial score (nSPS) is 10.5. The van der Waals surface area contributed by atoms with Gasteiger partial charge in [-0.3, -0.25) is 0 Å². The summed E-state index contributed by atoms with van der Waals surface area (Å²) in [5, 5.41) is 7.43. The summed E-state index contributed by atoms with van der Waals surface area (Å²) in [5.41, 5.74) is 2.71. The van der Waals surface area contributed by atoms with Gasteiger partial charge in [0.2, 0.25) is 0 Å². The molecule has 1 aromatic carbocycles. The maximum atomic E-state index is 5.66. The van der Waals surface area contributed by atoms with Crippen LogP contribution in [-0.2, 0) is 6.42 Å². The minimum Gasteiger partial charge on any atom is -0.494 e. The van der Waals surface area contributed by atoms with Gasteiger partial charge in [-0.05, 0) is 66.5 Å². The average molecular weight is 261 g/mol. The average Bonchev–Trinajstić information content (AvgIpc) is 2.89. The highest BCUT2D eigenvalue weighted by Gasteiger charge is 1.98. The largest absolute Gasteiger partial charge is 0.494 e. The van der Waals surface area contributed by atoms with Crippen LogP contribution in [0.1, 0.15) is 17.5 Å². The van der Waals surface area contributed by atoms with Crippen LogP contribution in [-0.4, -0.2) is 20.2 Å². The summed E-state index contributed by atoms with van der Waals surface area (Å²) < 4.78 is 5.66. The maximum Gasteiger partial charge on any atom is 0.119 e. The molecule has 0 spiro atoms. The van der Waals surface area contributed by atoms with Gasteiger partial charge in [0.05, 0.1) is 6.61 Å². The smallest absolute Gasteiger partial charge is 0.119 e. The van der Waals surface area contributed by atoms with Gasteiger partial charge in [-0.25, -0.2) is 0 Å². The van der Waals surface area contributed by atoms with Gasteiger partial charge in [0.1, 0.15) is 5.75 Å². The first kappa shape index (κ1) is 13.1. The molecule has 0 radical (unpaired) electrons. The van der Waals surface area contributed by atoms with Gasteiger partial charge < -0.3 is 10.1 Å². The summed E-state index contributed by atoms with van der Waals surface area (Å²) in [4.78, 5) is 0. The quantitative estimate of drug-likeness (QED) is 0.772. The Labute approximate surface area is 113 Å². The summed E-state index contributed by atoms with van der Waals surface area (Å²) in [6.45, 7) is 1.76. The van der Waals surface area contributed by atoms with Crippen molar-refractivity contribution in [2.24, 2.45) is 0 Å². The first-order valence-corrected chi connectivity index (χ1v) is 7.20. The number of hydrogen-bond acceptors (Lipinski definition) is 3. The molecule has 0 saturated heterocycles. The van der Waals surface area contributed by atoms with E-state index < -0.39 is 0 Å². The van der Waals surface area contributed by atoms with E-state index in [1.54, 1.807) is 11.3 Å². The molecular weight excluding hydrogens is 242 g/mol. The Balaban J connectivity index is 1.82. The molecule has 0 bridgehead atoms. The van der Waals surface area contributed by atoms with Crippen LogP contribution in [0.4, 0.5) is 0 Å². The van der Waals surface area contributed by atoms with Gasteiger partial charge >= 0.3 is 0 Å². The van der Waals surface area contributed by atoms with Crippen molar-refractivity contribution in [2.75, 3.05) is 20.2 Å². The first-order chi connectivity index (χ1) is 8.88. The number of thiophene rings is 1. The molecule has 0 saturated carbocycles. The Bertz CT molecular complexity index is 436. The van der Waals surface area contributed by atoms with Gasteiger partial charge in [-0.2, -0.15) is 11.3 Å². The predicted octanol–water partition coefficient (Wildman–Crippen LogP) is 3.33. The second-order valence-corrected chi connectivity index (χ2v) is 5.04. The van der Waals surface area contributed by atoms with Crippen molar-refractivity contribution >= 4 is 11.3 Å². The van der Waals surface area contributed by atoms with Crippen LogP contribution >= 0.6 is 11.3 Å². The van der Waals surface area contributed by atoms with Crippen molar-refractivity contribution in [3.05, 3.63) is 52.2 Å². The highest BCUT2D eigenvalue weighted by Crippen LogP contribution is 2.16. The van der Waals surface area contributed by atoms with E-state index in [9.17, 15) is 0 Å². The maximum absolute atomic E-state index is 5.66. The van der Waals surface area contributed by atoms with Crippen LogP contribution in [0.5, 0.6) is 5.75 Å². The Hall–Kier alpha value is -1.32. The summed E-state index contributed by atoms with van der Waals surface area (Å²) >= 11 is 1.75. The number of hydrogen-bond donors (Lipinski definition) is 1. The lowest BCUT2D eigenvalue weighted by molar-refractivity contribution is 0.310. The summed E-state index contributed by atoms with van der Waals surface area (Å²) in [6, 6.07) is 10.6. The van der Waals surface area contributed by atoms with Gasteiger partial charge in [0.25, 0.3) is 0 Å². The molecule has 0 aliphatic carbocycles. The van der Waals surface area contributed by atoms with E-state index in [1.807, 2.05) is 7.05 Å². The molecule has 0 atom stereocenters. The molecule has 3 heteroatoms. The SMILES string of the molecule is CNCCCOc1ccc(Cc2ccsc2)cc1. The van der Waals surface area contributed by atoms with Gasteiger partial charge in [0, 0.05) is 0 Å². The van der Waals surface area contributed by atoms with Crippen LogP contribution in [0.25, 0.3) is 0 Å². The molecule has 2 aromatic rings. The molecule has 2 nitrogen and oxygen atoms in total. The second-order valence-electron chi connectivity index (χ2n) is 4.26. The van der Waals surface area contributed by atoms with Gasteiger partial charge in [-0.1, -0.05) is 12.1 Å². The Morgan fingerprint density at radius 3 is 2.61 bits per heavy atom. The van der Waals surface area contributed by atoms with Crippen LogP contribution in [0.3, 0.4) is 0 Å². The van der Waals surface area contributed by atoms with E-state index in [-0.39, 0.29) is 0 Å². The molecule has 1 heterocycles. The third kappa shape index (κ3) is 4.17. The Morgan fingerprint density at radius 2 is 1.94 bits per heavy atom. The number of ether oxygens (including phenoxy) is 1. The molecule has 0 aliphatic rings. The highest BCUT2D eigenvalue weighted by molar-refractivity contribution is 7.07. The van der Waals surface area contributed by atoms with Gasteiger partial charge in [0.15, 0.2) is 0 Å². The summed E-state index contributed by atoms with van der Waals surface area (Å²) in [7, 11) is 1.96. The fourth-order valence-corrected chi connectivity index (χ4v) is 2.44. The summed E-state index contributed by atoms with van der Waals surface area (Å²) in [5.74, 6) is 0.958. The molecule has 0 aliphatic heterocycles. The van der Waals surface area contributed by atoms with E-state index in [2.05, 4.69) is 46.4 Å². The predicted molar refractivity (Wildman–Crippen MR) is 77.6 cm³/mol. The highest BCUT2D eigenvalue weighted by atomic mass is 32.1. The standard InChI is InChI=1S/C15H19NOS/c1-16-8-2-9-17-15-5-3-13(4-6-15)11-14-7-10-18-12-14/h3-7,10,12,16H,2,8-9,11H2,1H3. The fourth-order valence-electron chi connectivity index (χ4n) is 1.77. The van der Waals surface area contributed by atoms with Crippen LogP contribution in [0.2, 0.25) is 0 Å². The topological polar surface area (TPSA) is 21.3 Å². The number of nitrogens with one attached hydrogen (secondary N) is 1.